The number of carboxylic acids is 1. The number of rotatable bonds is 12. The largest absolute Gasteiger partial charge is 0.481 e. The number of alkyl halides is 4. The summed E-state index contributed by atoms with van der Waals surface area (Å²) >= 11 is 7.10. The molecule has 0 radical (unpaired) electrons. The summed E-state index contributed by atoms with van der Waals surface area (Å²) in [7, 11) is 3.53. The number of aliphatic carboxylic acids is 1. The van der Waals surface area contributed by atoms with E-state index in [1.54, 1.807) is 23.2 Å². The Labute approximate surface area is 326 Å². The van der Waals surface area contributed by atoms with Gasteiger partial charge in [0.25, 0.3) is 12.3 Å². The Morgan fingerprint density at radius 3 is 2.48 bits per heavy atom. The van der Waals surface area contributed by atoms with Crippen LogP contribution in [0, 0.1) is 12.8 Å². The van der Waals surface area contributed by atoms with Crippen LogP contribution in [0.2, 0.25) is 5.02 Å². The fourth-order valence-corrected chi connectivity index (χ4v) is 7.93. The molecule has 3 aromatic heterocycles. The second-order valence-electron chi connectivity index (χ2n) is 14.5. The number of aromatic nitrogens is 5. The van der Waals surface area contributed by atoms with Gasteiger partial charge in [-0.1, -0.05) is 41.9 Å². The monoisotopic (exact) mass is 792 g/mol. The van der Waals surface area contributed by atoms with Crippen LogP contribution in [0.3, 0.4) is 0 Å². The molecule has 7 rings (SSSR count). The lowest BCUT2D eigenvalue weighted by Crippen LogP contribution is -2.36. The Bertz CT molecular complexity index is 2260. The number of pyridine rings is 1. The summed E-state index contributed by atoms with van der Waals surface area (Å²) in [5.41, 5.74) is 5.56. The molecule has 16 heteroatoms. The van der Waals surface area contributed by atoms with Crippen LogP contribution in [0.15, 0.2) is 54.9 Å². The minimum absolute atomic E-state index is 0.0747. The van der Waals surface area contributed by atoms with Crippen LogP contribution in [-0.2, 0) is 17.9 Å². The third kappa shape index (κ3) is 8.39. The third-order valence-electron chi connectivity index (χ3n) is 10.7. The number of hydrogen-bond donors (Lipinski definition) is 2. The zero-order valence-corrected chi connectivity index (χ0v) is 31.8. The van der Waals surface area contributed by atoms with Gasteiger partial charge < -0.3 is 15.2 Å². The molecule has 2 aromatic carbocycles. The molecule has 0 bridgehead atoms. The first-order valence-corrected chi connectivity index (χ1v) is 18.7. The number of carboxylic acid groups (broad SMARTS) is 1. The van der Waals surface area contributed by atoms with E-state index >= 15 is 0 Å². The van der Waals surface area contributed by atoms with Gasteiger partial charge in [-0.05, 0) is 68.5 Å². The molecule has 0 amide bonds. The van der Waals surface area contributed by atoms with Crippen LogP contribution >= 0.6 is 11.6 Å². The van der Waals surface area contributed by atoms with Gasteiger partial charge in [0.2, 0.25) is 5.88 Å². The van der Waals surface area contributed by atoms with E-state index in [2.05, 4.69) is 25.2 Å². The normalized spacial score (nSPS) is 18.5. The van der Waals surface area contributed by atoms with Gasteiger partial charge in [0.05, 0.1) is 42.0 Å². The topological polar surface area (TPSA) is 129 Å². The molecule has 2 N–H and O–H groups in total. The molecule has 0 unspecified atom stereocenters. The van der Waals surface area contributed by atoms with Crippen molar-refractivity contribution >= 4 is 40.1 Å². The number of carbonyl (C=O) groups is 1. The van der Waals surface area contributed by atoms with Gasteiger partial charge in [-0.3, -0.25) is 24.6 Å². The average molecular weight is 793 g/mol. The minimum atomic E-state index is -2.96. The fraction of sp³-hybridized carbons (Fsp3) is 0.400. The molecule has 2 aliphatic rings. The molecule has 2 fully saturated rings. The number of fused-ring (bicyclic) bond motifs is 1. The maximum Gasteiger partial charge on any atom is 0.306 e. The first-order valence-electron chi connectivity index (χ1n) is 18.3. The second kappa shape index (κ2) is 16.2. The highest BCUT2D eigenvalue weighted by atomic mass is 35.5. The van der Waals surface area contributed by atoms with Crippen molar-refractivity contribution in [1.29, 1.82) is 0 Å². The van der Waals surface area contributed by atoms with E-state index in [4.69, 9.17) is 26.3 Å². The van der Waals surface area contributed by atoms with Crippen LogP contribution in [-0.4, -0.2) is 85.0 Å². The van der Waals surface area contributed by atoms with Crippen molar-refractivity contribution in [2.75, 3.05) is 32.6 Å². The lowest BCUT2D eigenvalue weighted by molar-refractivity contribution is -0.143. The van der Waals surface area contributed by atoms with Gasteiger partial charge in [0.15, 0.2) is 11.6 Å². The van der Waals surface area contributed by atoms with Gasteiger partial charge in [0, 0.05) is 55.1 Å². The van der Waals surface area contributed by atoms with Crippen LogP contribution in [0.5, 0.6) is 5.88 Å². The van der Waals surface area contributed by atoms with E-state index < -0.39 is 24.1 Å². The van der Waals surface area contributed by atoms with Gasteiger partial charge in [-0.15, -0.1) is 0 Å². The quantitative estimate of drug-likeness (QED) is 0.118. The molecule has 4 heterocycles. The molecular weight excluding hydrogens is 752 g/mol. The number of nitrogens with zero attached hydrogens (tertiary/aromatic N) is 7. The van der Waals surface area contributed by atoms with E-state index in [9.17, 15) is 27.5 Å². The first kappa shape index (κ1) is 39.3. The summed E-state index contributed by atoms with van der Waals surface area (Å²) < 4.78 is 61.3. The molecule has 56 heavy (non-hydrogen) atoms. The third-order valence-corrected chi connectivity index (χ3v) is 11.1. The highest BCUT2D eigenvalue weighted by molar-refractivity contribution is 6.36. The molecule has 1 aliphatic heterocycles. The lowest BCUT2D eigenvalue weighted by atomic mass is 9.85. The number of nitrogens with one attached hydrogen (secondary N) is 1. The van der Waals surface area contributed by atoms with Crippen LogP contribution in [0.25, 0.3) is 33.4 Å². The molecule has 1 saturated carbocycles. The maximum atomic E-state index is 14.0. The van der Waals surface area contributed by atoms with Crippen molar-refractivity contribution in [1.82, 2.24) is 34.7 Å². The number of benzene rings is 2. The van der Waals surface area contributed by atoms with Crippen molar-refractivity contribution in [3.8, 4) is 28.3 Å². The predicted octanol–water partition coefficient (Wildman–Crippen LogP) is 8.72. The smallest absolute Gasteiger partial charge is 0.306 e. The van der Waals surface area contributed by atoms with Crippen LogP contribution in [0.4, 0.5) is 29.1 Å². The van der Waals surface area contributed by atoms with Gasteiger partial charge in [-0.2, -0.15) is 0 Å². The Morgan fingerprint density at radius 2 is 1.79 bits per heavy atom. The summed E-state index contributed by atoms with van der Waals surface area (Å²) in [6, 6.07) is 12.9. The van der Waals surface area contributed by atoms with E-state index in [1.807, 2.05) is 44.3 Å². The van der Waals surface area contributed by atoms with Crippen molar-refractivity contribution in [2.45, 2.75) is 70.5 Å². The van der Waals surface area contributed by atoms with E-state index in [1.165, 1.54) is 13.3 Å². The maximum absolute atomic E-state index is 14.0. The predicted molar refractivity (Wildman–Crippen MR) is 204 cm³/mol. The summed E-state index contributed by atoms with van der Waals surface area (Å²) in [6.45, 7) is 2.38. The lowest BCUT2D eigenvalue weighted by Gasteiger charge is -2.33. The standard InChI is InChI=1S/C40H41ClF4N8O3/c1-22-26(6-5-9-29(22)48-36-34-30(49-37(51-36)35(42)43)16-23(17-47-34)19-53-15-14-40(44,45)21-53)27-7-4-8-28(33(27)41)31-18-46-32(38(50-31)56-3)20-52(2)25-12-10-24(11-13-25)39(54)55/h4-9,16-18,24-25,35H,10-15,19-21H2,1-3H3,(H,54,55)(H,48,49,51). The van der Waals surface area contributed by atoms with Gasteiger partial charge in [-0.25, -0.2) is 32.5 Å². The van der Waals surface area contributed by atoms with E-state index in [0.717, 1.165) is 24.0 Å². The number of ether oxygens (including phenoxy) is 1. The number of hydrogen-bond acceptors (Lipinski definition) is 10. The van der Waals surface area contributed by atoms with Crippen molar-refractivity contribution in [2.24, 2.45) is 5.92 Å². The van der Waals surface area contributed by atoms with Crippen LogP contribution in [0.1, 0.15) is 61.2 Å². The van der Waals surface area contributed by atoms with Gasteiger partial charge >= 0.3 is 5.97 Å². The summed E-state index contributed by atoms with van der Waals surface area (Å²) in [4.78, 5) is 37.3. The minimum Gasteiger partial charge on any atom is -0.481 e. The average Bonchev–Trinajstić information content (AvgIpc) is 3.53. The highest BCUT2D eigenvalue weighted by Crippen LogP contribution is 2.40. The fourth-order valence-electron chi connectivity index (χ4n) is 7.61. The van der Waals surface area contributed by atoms with Crippen molar-refractivity contribution in [3.05, 3.63) is 82.5 Å². The molecule has 1 saturated heterocycles. The summed E-state index contributed by atoms with van der Waals surface area (Å²) in [5.74, 6) is -4.05. The van der Waals surface area contributed by atoms with Gasteiger partial charge in [0.1, 0.15) is 11.2 Å². The second-order valence-corrected chi connectivity index (χ2v) is 14.9. The molecule has 5 aromatic rings. The molecule has 0 spiro atoms. The summed E-state index contributed by atoms with van der Waals surface area (Å²) in [6.07, 6.45) is 2.85. The SMILES string of the molecule is COc1nc(-c2cccc(-c3cccc(Nc4nc(C(F)F)nc5cc(CN6CCC(F)(F)C6)cnc45)c3C)c2Cl)cnc1CN(C)C1CCC(C(=O)O)CC1. The van der Waals surface area contributed by atoms with E-state index in [-0.39, 0.29) is 54.9 Å². The Morgan fingerprint density at radius 1 is 1.05 bits per heavy atom. The molecule has 1 aliphatic carbocycles. The molecule has 294 valence electrons. The Kier molecular flexibility index (Phi) is 11.4. The van der Waals surface area contributed by atoms with E-state index in [0.29, 0.717) is 64.1 Å². The first-order chi connectivity index (χ1) is 26.8. The zero-order chi connectivity index (χ0) is 39.7. The number of halogens is 5. The Hall–Kier alpha value is -4.99. The number of likely N-dealkylation sites (tertiary alicyclic amines) is 1. The van der Waals surface area contributed by atoms with Crippen LogP contribution < -0.4 is 10.1 Å². The number of anilines is 2. The Balaban J connectivity index is 1.14. The van der Waals surface area contributed by atoms with Crippen molar-refractivity contribution < 1.29 is 32.2 Å². The molecule has 0 atom stereocenters. The zero-order valence-electron chi connectivity index (χ0n) is 31.1. The molecule has 11 nitrogen and oxygen atoms in total. The summed E-state index contributed by atoms with van der Waals surface area (Å²) in [5, 5.41) is 13.0. The molecular formula is C40H41ClF4N8O3. The number of methoxy groups -OCH3 is 1. The van der Waals surface area contributed by atoms with Crippen molar-refractivity contribution in [3.63, 3.8) is 0 Å². The highest BCUT2D eigenvalue weighted by Gasteiger charge is 2.38.